The number of amides is 2. The van der Waals surface area contributed by atoms with Crippen molar-refractivity contribution in [2.24, 2.45) is 0 Å². The second-order valence-electron chi connectivity index (χ2n) is 9.74. The molecule has 13 heteroatoms. The summed E-state index contributed by atoms with van der Waals surface area (Å²) in [6.07, 6.45) is 4.26. The number of likely N-dealkylation sites (N-methyl/N-ethyl adjacent to an activating group) is 1. The molecule has 2 heterocycles. The van der Waals surface area contributed by atoms with E-state index in [9.17, 15) is 9.59 Å². The van der Waals surface area contributed by atoms with Gasteiger partial charge in [0.05, 0.1) is 43.0 Å². The fraction of sp³-hybridized carbons (Fsp3) is 0.333. The summed E-state index contributed by atoms with van der Waals surface area (Å²) in [4.78, 5) is 42.8. The average Bonchev–Trinajstić information content (AvgIpc) is 3.02. The maximum atomic E-state index is 12.3. The molecule has 43 heavy (non-hydrogen) atoms. The molecule has 3 N–H and O–H groups in total. The van der Waals surface area contributed by atoms with Gasteiger partial charge in [0.1, 0.15) is 12.4 Å². The maximum absolute atomic E-state index is 12.3. The second-order valence-corrected chi connectivity index (χ2v) is 10.1. The highest BCUT2D eigenvalue weighted by atomic mass is 35.5. The standard InChI is InChI=1S/C30H36ClN7O5/c1-6-26(39)34-24-15-22(38-10-8-37(7-2)9-11-38)12-19(3)28(24)35-30-32-16-23(17-33-30)43-18-21-13-20(29(40)36-42-5)14-25(41-4)27(21)31/h6,12-17H,1,7-11,18H2,2-5H3,(H,34,39)(H,36,40)(H,32,33,35). The number of benzene rings is 2. The van der Waals surface area contributed by atoms with Gasteiger partial charge in [0.15, 0.2) is 5.75 Å². The lowest BCUT2D eigenvalue weighted by atomic mass is 10.1. The number of hydrogen-bond donors (Lipinski definition) is 3. The number of nitrogens with one attached hydrogen (secondary N) is 3. The number of hydroxylamine groups is 1. The highest BCUT2D eigenvalue weighted by Crippen LogP contribution is 2.34. The van der Waals surface area contributed by atoms with Crippen LogP contribution in [0.25, 0.3) is 0 Å². The fourth-order valence-corrected chi connectivity index (χ4v) is 4.88. The van der Waals surface area contributed by atoms with E-state index in [1.165, 1.54) is 38.8 Å². The van der Waals surface area contributed by atoms with Crippen molar-refractivity contribution in [3.63, 3.8) is 0 Å². The highest BCUT2D eigenvalue weighted by Gasteiger charge is 2.20. The minimum atomic E-state index is -0.455. The van der Waals surface area contributed by atoms with Crippen LogP contribution in [0.15, 0.2) is 49.3 Å². The molecule has 0 saturated carbocycles. The zero-order valence-electron chi connectivity index (χ0n) is 24.7. The number of aryl methyl sites for hydroxylation is 1. The third-order valence-electron chi connectivity index (χ3n) is 7.00. The molecule has 1 fully saturated rings. The molecule has 1 aliphatic rings. The van der Waals surface area contributed by atoms with Crippen molar-refractivity contribution < 1.29 is 23.9 Å². The van der Waals surface area contributed by atoms with Crippen molar-refractivity contribution in [1.82, 2.24) is 20.3 Å². The highest BCUT2D eigenvalue weighted by molar-refractivity contribution is 6.33. The summed E-state index contributed by atoms with van der Waals surface area (Å²) in [7, 11) is 2.80. The second kappa shape index (κ2) is 14.7. The van der Waals surface area contributed by atoms with E-state index in [4.69, 9.17) is 25.9 Å². The molecule has 1 saturated heterocycles. The van der Waals surface area contributed by atoms with Gasteiger partial charge in [-0.2, -0.15) is 0 Å². The SMILES string of the molecule is C=CC(=O)Nc1cc(N2CCN(CC)CC2)cc(C)c1Nc1ncc(OCc2cc(C(=O)NOC)cc(OC)c2Cl)cn1. The van der Waals surface area contributed by atoms with E-state index in [-0.39, 0.29) is 12.5 Å². The monoisotopic (exact) mass is 609 g/mol. The molecule has 0 bridgehead atoms. The van der Waals surface area contributed by atoms with Crippen molar-refractivity contribution in [3.8, 4) is 11.5 Å². The van der Waals surface area contributed by atoms with Gasteiger partial charge in [-0.1, -0.05) is 25.1 Å². The lowest BCUT2D eigenvalue weighted by Crippen LogP contribution is -2.46. The number of carbonyl (C=O) groups is 2. The van der Waals surface area contributed by atoms with Gasteiger partial charge in [-0.05, 0) is 49.4 Å². The van der Waals surface area contributed by atoms with Gasteiger partial charge in [0, 0.05) is 43.0 Å². The summed E-state index contributed by atoms with van der Waals surface area (Å²) in [5.41, 5.74) is 6.30. The van der Waals surface area contributed by atoms with Crippen LogP contribution in [-0.2, 0) is 16.2 Å². The van der Waals surface area contributed by atoms with Gasteiger partial charge < -0.3 is 29.9 Å². The van der Waals surface area contributed by atoms with E-state index >= 15 is 0 Å². The Hall–Kier alpha value is -4.39. The Morgan fingerprint density at radius 1 is 1.09 bits per heavy atom. The zero-order valence-corrected chi connectivity index (χ0v) is 25.5. The van der Waals surface area contributed by atoms with Crippen LogP contribution in [0.2, 0.25) is 5.02 Å². The smallest absolute Gasteiger partial charge is 0.274 e. The molecular weight excluding hydrogens is 574 g/mol. The molecule has 1 aromatic heterocycles. The van der Waals surface area contributed by atoms with Gasteiger partial charge in [-0.25, -0.2) is 15.4 Å². The summed E-state index contributed by atoms with van der Waals surface area (Å²) in [6, 6.07) is 7.14. The molecule has 1 aliphatic heterocycles. The predicted octanol–water partition coefficient (Wildman–Crippen LogP) is 4.33. The van der Waals surface area contributed by atoms with Gasteiger partial charge in [-0.15, -0.1) is 0 Å². The minimum absolute atomic E-state index is 0.0320. The van der Waals surface area contributed by atoms with Crippen molar-refractivity contribution in [2.45, 2.75) is 20.5 Å². The molecule has 0 atom stereocenters. The van der Waals surface area contributed by atoms with Crippen molar-refractivity contribution in [2.75, 3.05) is 62.5 Å². The summed E-state index contributed by atoms with van der Waals surface area (Å²) in [5.74, 6) is 0.240. The molecule has 0 aliphatic carbocycles. The number of nitrogens with zero attached hydrogens (tertiary/aromatic N) is 4. The third kappa shape index (κ3) is 7.92. The Morgan fingerprint density at radius 3 is 2.44 bits per heavy atom. The van der Waals surface area contributed by atoms with Crippen molar-refractivity contribution >= 4 is 46.4 Å². The Labute approximate surface area is 255 Å². The fourth-order valence-electron chi connectivity index (χ4n) is 4.64. The van der Waals surface area contributed by atoms with E-state index in [1.54, 1.807) is 6.07 Å². The Morgan fingerprint density at radius 2 is 1.81 bits per heavy atom. The number of anilines is 4. The summed E-state index contributed by atoms with van der Waals surface area (Å²) >= 11 is 6.44. The molecule has 3 aromatic rings. The lowest BCUT2D eigenvalue weighted by Gasteiger charge is -2.36. The Kier molecular flexibility index (Phi) is 10.8. The number of aromatic nitrogens is 2. The molecule has 0 spiro atoms. The molecule has 228 valence electrons. The summed E-state index contributed by atoms with van der Waals surface area (Å²) in [6.45, 7) is 12.6. The summed E-state index contributed by atoms with van der Waals surface area (Å²) in [5, 5.41) is 6.45. The molecule has 2 aromatic carbocycles. The first kappa shape index (κ1) is 31.5. The molecule has 4 rings (SSSR count). The molecule has 0 unspecified atom stereocenters. The van der Waals surface area contributed by atoms with E-state index in [1.807, 2.05) is 13.0 Å². The number of rotatable bonds is 12. The van der Waals surface area contributed by atoms with Crippen LogP contribution < -0.4 is 30.5 Å². The average molecular weight is 610 g/mol. The van der Waals surface area contributed by atoms with Crippen LogP contribution >= 0.6 is 11.6 Å². The van der Waals surface area contributed by atoms with Crippen molar-refractivity contribution in [1.29, 1.82) is 0 Å². The predicted molar refractivity (Wildman–Crippen MR) is 166 cm³/mol. The largest absolute Gasteiger partial charge is 0.495 e. The van der Waals surface area contributed by atoms with Gasteiger partial charge in [0.25, 0.3) is 5.91 Å². The maximum Gasteiger partial charge on any atom is 0.274 e. The number of piperazine rings is 1. The van der Waals surface area contributed by atoms with Crippen LogP contribution in [-0.4, -0.2) is 73.6 Å². The number of ether oxygens (including phenoxy) is 2. The normalized spacial score (nSPS) is 13.3. The Balaban J connectivity index is 1.50. The molecule has 2 amide bonds. The summed E-state index contributed by atoms with van der Waals surface area (Å²) < 4.78 is 11.2. The number of hydrogen-bond acceptors (Lipinski definition) is 10. The van der Waals surface area contributed by atoms with Crippen LogP contribution in [0.3, 0.4) is 0 Å². The van der Waals surface area contributed by atoms with E-state index in [0.29, 0.717) is 45.0 Å². The lowest BCUT2D eigenvalue weighted by molar-refractivity contribution is -0.111. The van der Waals surface area contributed by atoms with Gasteiger partial charge >= 0.3 is 0 Å². The van der Waals surface area contributed by atoms with Crippen LogP contribution in [0.5, 0.6) is 11.5 Å². The third-order valence-corrected chi connectivity index (χ3v) is 7.43. The van der Waals surface area contributed by atoms with Crippen molar-refractivity contribution in [3.05, 3.63) is 71.0 Å². The Bertz CT molecular complexity index is 1460. The number of methoxy groups -OCH3 is 1. The van der Waals surface area contributed by atoms with Crippen LogP contribution in [0.4, 0.5) is 23.0 Å². The molecular formula is C30H36ClN7O5. The van der Waals surface area contributed by atoms with Gasteiger partial charge in [0.2, 0.25) is 11.9 Å². The quantitative estimate of drug-likeness (QED) is 0.201. The molecule has 0 radical (unpaired) electrons. The van der Waals surface area contributed by atoms with Gasteiger partial charge in [-0.3, -0.25) is 14.4 Å². The van der Waals surface area contributed by atoms with E-state index < -0.39 is 5.91 Å². The number of carbonyl (C=O) groups excluding carboxylic acids is 2. The van der Waals surface area contributed by atoms with Crippen LogP contribution in [0, 0.1) is 6.92 Å². The number of halogens is 1. The first-order chi connectivity index (χ1) is 20.8. The first-order valence-electron chi connectivity index (χ1n) is 13.7. The zero-order chi connectivity index (χ0) is 30.9. The van der Waals surface area contributed by atoms with Crippen LogP contribution in [0.1, 0.15) is 28.4 Å². The van der Waals surface area contributed by atoms with E-state index in [2.05, 4.69) is 55.5 Å². The topological polar surface area (TPSA) is 130 Å². The first-order valence-corrected chi connectivity index (χ1v) is 14.1. The van der Waals surface area contributed by atoms with E-state index in [0.717, 1.165) is 44.0 Å². The minimum Gasteiger partial charge on any atom is -0.495 e. The molecule has 12 nitrogen and oxygen atoms in total.